The molecule has 0 spiro atoms. The molecule has 0 atom stereocenters. The Morgan fingerprint density at radius 3 is 2.42 bits per heavy atom. The molecule has 0 aliphatic rings. The van der Waals surface area contributed by atoms with Gasteiger partial charge >= 0.3 is 5.97 Å². The smallest absolute Gasteiger partial charge is 0.305 e. The zero-order valence-corrected chi connectivity index (χ0v) is 11.5. The fraction of sp³-hybridized carbons (Fsp3) is 0.429. The predicted molar refractivity (Wildman–Crippen MR) is 74.4 cm³/mol. The summed E-state index contributed by atoms with van der Waals surface area (Å²) in [7, 11) is 0. The highest BCUT2D eigenvalue weighted by Gasteiger charge is 2.15. The molecule has 0 aromatic heterocycles. The molecule has 0 unspecified atom stereocenters. The van der Waals surface area contributed by atoms with Crippen molar-refractivity contribution < 1.29 is 14.7 Å². The normalized spacial score (nSPS) is 10.5. The molecule has 0 aliphatic carbocycles. The van der Waals surface area contributed by atoms with Crippen LogP contribution in [0.2, 0.25) is 0 Å². The fourth-order valence-electron chi connectivity index (χ4n) is 2.00. The van der Waals surface area contributed by atoms with Crippen molar-refractivity contribution in [3.63, 3.8) is 0 Å². The molecule has 0 saturated carbocycles. The molecule has 0 radical (unpaired) electrons. The molecule has 0 heterocycles. The first-order valence-electron chi connectivity index (χ1n) is 6.21. The van der Waals surface area contributed by atoms with Crippen molar-refractivity contribution in [1.29, 1.82) is 0 Å². The Labute approximate surface area is 113 Å². The number of carbonyl (C=O) groups is 2. The Hall–Kier alpha value is -2.04. The minimum absolute atomic E-state index is 0.0786. The van der Waals surface area contributed by atoms with Gasteiger partial charge in [0.1, 0.15) is 0 Å². The lowest BCUT2D eigenvalue weighted by Crippen LogP contribution is -2.33. The van der Waals surface area contributed by atoms with Crippen LogP contribution in [0.1, 0.15) is 36.2 Å². The number of anilines is 1. The van der Waals surface area contributed by atoms with Crippen LogP contribution < -0.4 is 10.6 Å². The second kappa shape index (κ2) is 6.22. The van der Waals surface area contributed by atoms with Crippen LogP contribution in [0.15, 0.2) is 18.2 Å². The minimum atomic E-state index is -0.822. The van der Waals surface area contributed by atoms with E-state index in [0.717, 1.165) is 11.3 Å². The maximum Gasteiger partial charge on any atom is 0.305 e. The molecule has 0 saturated heterocycles. The van der Waals surface area contributed by atoms with Gasteiger partial charge in [-0.15, -0.1) is 0 Å². The quantitative estimate of drug-likeness (QED) is 0.820. The van der Waals surface area contributed by atoms with Crippen molar-refractivity contribution in [2.45, 2.75) is 33.2 Å². The van der Waals surface area contributed by atoms with Crippen LogP contribution in [0.3, 0.4) is 0 Å². The molecule has 1 aromatic rings. The molecule has 19 heavy (non-hydrogen) atoms. The Morgan fingerprint density at radius 2 is 2.00 bits per heavy atom. The zero-order valence-electron chi connectivity index (χ0n) is 11.5. The first-order valence-corrected chi connectivity index (χ1v) is 6.21. The second-order valence-electron chi connectivity index (χ2n) is 4.80. The number of aryl methyl sites for hydroxylation is 1. The number of carbonyl (C=O) groups excluding carboxylic acids is 1. The predicted octanol–water partition coefficient (Wildman–Crippen LogP) is 1.78. The number of hydrogen-bond donors (Lipinski definition) is 2. The van der Waals surface area contributed by atoms with Gasteiger partial charge in [0.2, 0.25) is 5.91 Å². The highest BCUT2D eigenvalue weighted by Crippen LogP contribution is 2.23. The Kier molecular flexibility index (Phi) is 4.92. The van der Waals surface area contributed by atoms with E-state index in [9.17, 15) is 9.59 Å². The van der Waals surface area contributed by atoms with Gasteiger partial charge in [-0.25, -0.2) is 0 Å². The number of rotatable bonds is 6. The topological polar surface area (TPSA) is 83.6 Å². The maximum atomic E-state index is 11.1. The fourth-order valence-corrected chi connectivity index (χ4v) is 2.00. The van der Waals surface area contributed by atoms with Crippen LogP contribution in [0.4, 0.5) is 5.69 Å². The van der Waals surface area contributed by atoms with Crippen LogP contribution in [0.25, 0.3) is 0 Å². The monoisotopic (exact) mass is 264 g/mol. The number of nitrogens with two attached hydrogens (primary N) is 1. The van der Waals surface area contributed by atoms with E-state index >= 15 is 0 Å². The van der Waals surface area contributed by atoms with E-state index in [1.54, 1.807) is 12.1 Å². The summed E-state index contributed by atoms with van der Waals surface area (Å²) in [5, 5.41) is 8.79. The van der Waals surface area contributed by atoms with Crippen LogP contribution in [0.5, 0.6) is 0 Å². The number of aliphatic carboxylic acids is 1. The SMILES string of the molecule is Cc1cc(C(N)=O)ccc1N(CCC(=O)O)C(C)C. The van der Waals surface area contributed by atoms with E-state index in [4.69, 9.17) is 10.8 Å². The third-order valence-electron chi connectivity index (χ3n) is 2.98. The minimum Gasteiger partial charge on any atom is -0.481 e. The lowest BCUT2D eigenvalue weighted by Gasteiger charge is -2.30. The number of carboxylic acids is 1. The molecule has 0 fully saturated rings. The summed E-state index contributed by atoms with van der Waals surface area (Å²) in [6, 6.07) is 5.39. The number of nitrogens with zero attached hydrogens (tertiary/aromatic N) is 1. The molecule has 104 valence electrons. The van der Waals surface area contributed by atoms with Crippen molar-refractivity contribution in [2.75, 3.05) is 11.4 Å². The average molecular weight is 264 g/mol. The molecular weight excluding hydrogens is 244 g/mol. The maximum absolute atomic E-state index is 11.1. The van der Waals surface area contributed by atoms with Crippen molar-refractivity contribution in [3.8, 4) is 0 Å². The van der Waals surface area contributed by atoms with E-state index in [1.807, 2.05) is 31.7 Å². The van der Waals surface area contributed by atoms with Gasteiger partial charge in [0.25, 0.3) is 0 Å². The lowest BCUT2D eigenvalue weighted by molar-refractivity contribution is -0.136. The summed E-state index contributed by atoms with van der Waals surface area (Å²) in [5.74, 6) is -1.28. The van der Waals surface area contributed by atoms with Crippen LogP contribution in [-0.4, -0.2) is 29.6 Å². The first kappa shape index (κ1) is 15.0. The van der Waals surface area contributed by atoms with Gasteiger partial charge in [0, 0.05) is 23.8 Å². The summed E-state index contributed by atoms with van der Waals surface area (Å²) in [5.41, 5.74) is 7.54. The van der Waals surface area contributed by atoms with Crippen LogP contribution in [-0.2, 0) is 4.79 Å². The summed E-state index contributed by atoms with van der Waals surface area (Å²) in [6.45, 7) is 6.33. The van der Waals surface area contributed by atoms with Gasteiger partial charge < -0.3 is 15.7 Å². The largest absolute Gasteiger partial charge is 0.481 e. The van der Waals surface area contributed by atoms with E-state index in [-0.39, 0.29) is 12.5 Å². The Bertz CT molecular complexity index is 484. The molecular formula is C14H20N2O3. The lowest BCUT2D eigenvalue weighted by atomic mass is 10.1. The Morgan fingerprint density at radius 1 is 1.37 bits per heavy atom. The van der Waals surface area contributed by atoms with E-state index in [0.29, 0.717) is 12.1 Å². The van der Waals surface area contributed by atoms with Crippen molar-refractivity contribution in [2.24, 2.45) is 5.73 Å². The van der Waals surface area contributed by atoms with Gasteiger partial charge in [-0.2, -0.15) is 0 Å². The molecule has 0 aliphatic heterocycles. The third kappa shape index (κ3) is 3.98. The van der Waals surface area contributed by atoms with Gasteiger partial charge in [0.15, 0.2) is 0 Å². The number of hydrogen-bond acceptors (Lipinski definition) is 3. The standard InChI is InChI=1S/C14H20N2O3/c1-9(2)16(7-6-13(17)18)12-5-4-11(14(15)19)8-10(12)3/h4-5,8-9H,6-7H2,1-3H3,(H2,15,19)(H,17,18). The average Bonchev–Trinajstić information content (AvgIpc) is 2.30. The van der Waals surface area contributed by atoms with E-state index in [1.165, 1.54) is 0 Å². The highest BCUT2D eigenvalue weighted by molar-refractivity contribution is 5.93. The molecule has 1 amide bonds. The van der Waals surface area contributed by atoms with Gasteiger partial charge in [-0.1, -0.05) is 0 Å². The van der Waals surface area contributed by atoms with E-state index in [2.05, 4.69) is 0 Å². The number of carboxylic acid groups (broad SMARTS) is 1. The third-order valence-corrected chi connectivity index (χ3v) is 2.98. The molecule has 5 heteroatoms. The summed E-state index contributed by atoms with van der Waals surface area (Å²) >= 11 is 0. The van der Waals surface area contributed by atoms with Gasteiger partial charge in [-0.05, 0) is 44.5 Å². The number of primary amides is 1. The second-order valence-corrected chi connectivity index (χ2v) is 4.80. The van der Waals surface area contributed by atoms with Crippen LogP contribution in [0, 0.1) is 6.92 Å². The summed E-state index contributed by atoms with van der Waals surface area (Å²) in [6.07, 6.45) is 0.0786. The zero-order chi connectivity index (χ0) is 14.6. The number of benzene rings is 1. The molecule has 1 rings (SSSR count). The molecule has 1 aromatic carbocycles. The van der Waals surface area contributed by atoms with Gasteiger partial charge in [0.05, 0.1) is 6.42 Å². The highest BCUT2D eigenvalue weighted by atomic mass is 16.4. The molecule has 0 bridgehead atoms. The summed E-state index contributed by atoms with van der Waals surface area (Å²) in [4.78, 5) is 23.8. The van der Waals surface area contributed by atoms with Crippen molar-refractivity contribution in [3.05, 3.63) is 29.3 Å². The molecule has 3 N–H and O–H groups in total. The van der Waals surface area contributed by atoms with Gasteiger partial charge in [-0.3, -0.25) is 9.59 Å². The van der Waals surface area contributed by atoms with Crippen molar-refractivity contribution >= 4 is 17.6 Å². The molecule has 5 nitrogen and oxygen atoms in total. The Balaban J connectivity index is 3.02. The summed E-state index contributed by atoms with van der Waals surface area (Å²) < 4.78 is 0. The van der Waals surface area contributed by atoms with E-state index < -0.39 is 11.9 Å². The number of amides is 1. The van der Waals surface area contributed by atoms with Crippen LogP contribution >= 0.6 is 0 Å². The van der Waals surface area contributed by atoms with Crippen molar-refractivity contribution in [1.82, 2.24) is 0 Å². The first-order chi connectivity index (χ1) is 8.82.